The zero-order valence-corrected chi connectivity index (χ0v) is 35.7. The van der Waals surface area contributed by atoms with Gasteiger partial charge in [0.05, 0.1) is 12.6 Å². The Labute approximate surface area is 332 Å². The van der Waals surface area contributed by atoms with Crippen LogP contribution in [0.4, 0.5) is 0 Å². The molecule has 0 aromatic heterocycles. The van der Waals surface area contributed by atoms with E-state index in [9.17, 15) is 19.6 Å². The standard InChI is InChI=1S/C45H84N2O7/c1-6-9-11-13-15-17-19-21-22-24-25-27-29-31-33-35-43(48)53-40-41(39-52-38-37-42(46(4)5)45(50)47(51)8-3)54-44(49)36-34-32-30-28-26-23-20-18-16-14-12-10-7-2/h15,17,21-22,41-42,51H,6-14,16,18-20,23-40H2,1-5H3/b17-15+,22-21+. The van der Waals surface area contributed by atoms with E-state index in [1.54, 1.807) is 25.9 Å². The van der Waals surface area contributed by atoms with Crippen molar-refractivity contribution in [2.45, 2.75) is 206 Å². The molecule has 0 fully saturated rings. The third-order valence-electron chi connectivity index (χ3n) is 9.85. The number of nitrogens with zero attached hydrogens (tertiary/aromatic N) is 2. The van der Waals surface area contributed by atoms with Crippen LogP contribution in [0.5, 0.6) is 0 Å². The molecule has 0 radical (unpaired) electrons. The SMILES string of the molecule is CCCCC/C=C/C/C=C/CCCCCCCC(=O)OCC(COCCC(C(=O)N(O)CC)N(C)C)OC(=O)CCCCCCCCCCCCCCC. The van der Waals surface area contributed by atoms with Gasteiger partial charge in [-0.2, -0.15) is 0 Å². The molecular formula is C45H84N2O7. The lowest BCUT2D eigenvalue weighted by Crippen LogP contribution is -2.45. The van der Waals surface area contributed by atoms with Crippen LogP contribution in [0, 0.1) is 0 Å². The average Bonchev–Trinajstić information content (AvgIpc) is 3.16. The van der Waals surface area contributed by atoms with Crippen LogP contribution in [0.25, 0.3) is 0 Å². The Morgan fingerprint density at radius 3 is 1.57 bits per heavy atom. The highest BCUT2D eigenvalue weighted by Gasteiger charge is 2.25. The maximum Gasteiger partial charge on any atom is 0.306 e. The second-order valence-corrected chi connectivity index (χ2v) is 15.2. The monoisotopic (exact) mass is 765 g/mol. The summed E-state index contributed by atoms with van der Waals surface area (Å²) in [5.41, 5.74) is 0. The van der Waals surface area contributed by atoms with Crippen molar-refractivity contribution in [1.29, 1.82) is 0 Å². The summed E-state index contributed by atoms with van der Waals surface area (Å²) in [5.74, 6) is -0.995. The topological polar surface area (TPSA) is 106 Å². The molecule has 54 heavy (non-hydrogen) atoms. The van der Waals surface area contributed by atoms with E-state index in [1.807, 2.05) is 0 Å². The van der Waals surface area contributed by atoms with Crippen LogP contribution in [0.15, 0.2) is 24.3 Å². The van der Waals surface area contributed by atoms with Gasteiger partial charge in [-0.05, 0) is 72.4 Å². The summed E-state index contributed by atoms with van der Waals surface area (Å²) in [4.78, 5) is 39.6. The molecule has 1 amide bonds. The van der Waals surface area contributed by atoms with E-state index in [2.05, 4.69) is 38.2 Å². The number of unbranched alkanes of at least 4 members (excludes halogenated alkanes) is 20. The van der Waals surface area contributed by atoms with Crippen molar-refractivity contribution in [1.82, 2.24) is 9.96 Å². The molecule has 2 atom stereocenters. The van der Waals surface area contributed by atoms with Gasteiger partial charge in [-0.1, -0.05) is 147 Å². The number of hydrogen-bond acceptors (Lipinski definition) is 8. The molecule has 0 aromatic rings. The Morgan fingerprint density at radius 1 is 0.593 bits per heavy atom. The van der Waals surface area contributed by atoms with Crippen LogP contribution in [0.3, 0.4) is 0 Å². The first kappa shape index (κ1) is 51.8. The highest BCUT2D eigenvalue weighted by atomic mass is 16.6. The third-order valence-corrected chi connectivity index (χ3v) is 9.85. The molecular weight excluding hydrogens is 681 g/mol. The van der Waals surface area contributed by atoms with E-state index in [-0.39, 0.29) is 38.3 Å². The number of likely N-dealkylation sites (N-methyl/N-ethyl adjacent to an activating group) is 2. The summed E-state index contributed by atoms with van der Waals surface area (Å²) >= 11 is 0. The second kappa shape index (κ2) is 39.0. The summed E-state index contributed by atoms with van der Waals surface area (Å²) in [6.07, 6.45) is 37.8. The van der Waals surface area contributed by atoms with E-state index in [0.29, 0.717) is 24.3 Å². The molecule has 316 valence electrons. The van der Waals surface area contributed by atoms with Gasteiger partial charge in [0.15, 0.2) is 6.10 Å². The predicted octanol–water partition coefficient (Wildman–Crippen LogP) is 11.3. The Morgan fingerprint density at radius 2 is 1.06 bits per heavy atom. The van der Waals surface area contributed by atoms with Crippen LogP contribution >= 0.6 is 0 Å². The normalized spacial score (nSPS) is 12.9. The van der Waals surface area contributed by atoms with Gasteiger partial charge in [-0.25, -0.2) is 5.06 Å². The van der Waals surface area contributed by atoms with E-state index in [4.69, 9.17) is 14.2 Å². The molecule has 9 nitrogen and oxygen atoms in total. The molecule has 1 N–H and O–H groups in total. The molecule has 0 aromatic carbocycles. The van der Waals surface area contributed by atoms with Crippen LogP contribution in [0.1, 0.15) is 194 Å². The molecule has 0 saturated heterocycles. The van der Waals surface area contributed by atoms with Crippen LogP contribution in [-0.2, 0) is 28.6 Å². The Balaban J connectivity index is 4.49. The average molecular weight is 765 g/mol. The lowest BCUT2D eigenvalue weighted by molar-refractivity contribution is -0.170. The zero-order valence-electron chi connectivity index (χ0n) is 35.7. The summed E-state index contributed by atoms with van der Waals surface area (Å²) in [5, 5.41) is 10.6. The molecule has 2 unspecified atom stereocenters. The molecule has 0 rings (SSSR count). The molecule has 0 heterocycles. The number of hydrogen-bond donors (Lipinski definition) is 1. The van der Waals surface area contributed by atoms with Gasteiger partial charge >= 0.3 is 11.9 Å². The Hall–Kier alpha value is -2.23. The van der Waals surface area contributed by atoms with Gasteiger partial charge in [0, 0.05) is 26.0 Å². The van der Waals surface area contributed by atoms with E-state index in [0.717, 1.165) is 64.2 Å². The molecule has 0 aliphatic carbocycles. The smallest absolute Gasteiger partial charge is 0.306 e. The van der Waals surface area contributed by atoms with Crippen LogP contribution < -0.4 is 0 Å². The van der Waals surface area contributed by atoms with Gasteiger partial charge in [0.2, 0.25) is 0 Å². The molecule has 9 heteroatoms. The van der Waals surface area contributed by atoms with Gasteiger partial charge in [-0.15, -0.1) is 0 Å². The third kappa shape index (κ3) is 33.1. The number of rotatable bonds is 39. The highest BCUT2D eigenvalue weighted by molar-refractivity contribution is 5.80. The summed E-state index contributed by atoms with van der Waals surface area (Å²) in [7, 11) is 3.56. The van der Waals surface area contributed by atoms with Crippen molar-refractivity contribution in [3.63, 3.8) is 0 Å². The molecule has 0 aliphatic rings. The maximum atomic E-state index is 12.7. The number of carbonyl (C=O) groups is 3. The largest absolute Gasteiger partial charge is 0.462 e. The van der Waals surface area contributed by atoms with Gasteiger partial charge in [0.1, 0.15) is 6.61 Å². The van der Waals surface area contributed by atoms with Crippen molar-refractivity contribution < 1.29 is 33.8 Å². The molecule has 0 spiro atoms. The number of ether oxygens (including phenoxy) is 3. The first-order valence-corrected chi connectivity index (χ1v) is 22.2. The first-order chi connectivity index (χ1) is 26.3. The fourth-order valence-corrected chi connectivity index (χ4v) is 6.33. The minimum atomic E-state index is -0.716. The Bertz CT molecular complexity index is 939. The Kier molecular flexibility index (Phi) is 37.4. The maximum absolute atomic E-state index is 12.7. The van der Waals surface area contributed by atoms with Crippen molar-refractivity contribution >= 4 is 17.8 Å². The number of allylic oxidation sites excluding steroid dienone is 4. The summed E-state index contributed by atoms with van der Waals surface area (Å²) in [6.45, 7) is 6.61. The van der Waals surface area contributed by atoms with Gasteiger partial charge < -0.3 is 14.2 Å². The highest BCUT2D eigenvalue weighted by Crippen LogP contribution is 2.14. The summed E-state index contributed by atoms with van der Waals surface area (Å²) < 4.78 is 17.1. The second-order valence-electron chi connectivity index (χ2n) is 15.2. The lowest BCUT2D eigenvalue weighted by atomic mass is 10.0. The zero-order chi connectivity index (χ0) is 39.9. The predicted molar refractivity (Wildman–Crippen MR) is 223 cm³/mol. The van der Waals surface area contributed by atoms with Crippen molar-refractivity contribution in [3.8, 4) is 0 Å². The molecule has 0 saturated carbocycles. The number of esters is 2. The first-order valence-electron chi connectivity index (χ1n) is 22.2. The van der Waals surface area contributed by atoms with Crippen LogP contribution in [-0.4, -0.2) is 85.6 Å². The lowest BCUT2D eigenvalue weighted by Gasteiger charge is -2.26. The quantitative estimate of drug-likeness (QED) is 0.0217. The van der Waals surface area contributed by atoms with Gasteiger partial charge in [0.25, 0.3) is 5.91 Å². The van der Waals surface area contributed by atoms with E-state index < -0.39 is 18.1 Å². The van der Waals surface area contributed by atoms with Crippen molar-refractivity contribution in [2.75, 3.05) is 40.5 Å². The summed E-state index contributed by atoms with van der Waals surface area (Å²) in [6, 6.07) is -0.548. The van der Waals surface area contributed by atoms with Gasteiger partial charge in [-0.3, -0.25) is 24.5 Å². The van der Waals surface area contributed by atoms with Crippen molar-refractivity contribution in [3.05, 3.63) is 24.3 Å². The number of carbonyl (C=O) groups excluding carboxylic acids is 3. The number of amides is 1. The molecule has 0 aliphatic heterocycles. The van der Waals surface area contributed by atoms with E-state index in [1.165, 1.54) is 89.9 Å². The fraction of sp³-hybridized carbons (Fsp3) is 0.844. The number of hydroxylamine groups is 2. The van der Waals surface area contributed by atoms with Crippen molar-refractivity contribution in [2.24, 2.45) is 0 Å². The minimum Gasteiger partial charge on any atom is -0.462 e. The fourth-order valence-electron chi connectivity index (χ4n) is 6.33. The van der Waals surface area contributed by atoms with Crippen LogP contribution in [0.2, 0.25) is 0 Å². The molecule has 0 bridgehead atoms. The minimum absolute atomic E-state index is 0.0558. The van der Waals surface area contributed by atoms with E-state index >= 15 is 0 Å².